The van der Waals surface area contributed by atoms with Gasteiger partial charge in [-0.25, -0.2) is 0 Å². The Morgan fingerprint density at radius 2 is 2.19 bits per heavy atom. The van der Waals surface area contributed by atoms with E-state index in [1.807, 2.05) is 30.7 Å². The topological polar surface area (TPSA) is 72.2 Å². The molecule has 2 N–H and O–H groups in total. The summed E-state index contributed by atoms with van der Waals surface area (Å²) in [5.41, 5.74) is 0. The second-order valence-corrected chi connectivity index (χ2v) is 5.23. The molecule has 0 radical (unpaired) electrons. The van der Waals surface area contributed by atoms with Gasteiger partial charge in [-0.05, 0) is 19.1 Å². The summed E-state index contributed by atoms with van der Waals surface area (Å²) in [7, 11) is 1.88. The van der Waals surface area contributed by atoms with Crippen molar-refractivity contribution in [3.8, 4) is 5.75 Å². The van der Waals surface area contributed by atoms with Crippen molar-refractivity contribution < 1.29 is 9.84 Å². The number of rotatable bonds is 7. The number of hydrogen-bond donors (Lipinski definition) is 2. The summed E-state index contributed by atoms with van der Waals surface area (Å²) in [5.74, 6) is 1.38. The van der Waals surface area contributed by atoms with E-state index in [0.717, 1.165) is 5.82 Å². The van der Waals surface area contributed by atoms with Gasteiger partial charge < -0.3 is 19.7 Å². The van der Waals surface area contributed by atoms with Gasteiger partial charge in [0, 0.05) is 13.6 Å². The molecule has 2 unspecified atom stereocenters. The summed E-state index contributed by atoms with van der Waals surface area (Å²) in [6, 6.07) is 7.17. The van der Waals surface area contributed by atoms with E-state index in [9.17, 15) is 5.11 Å². The maximum Gasteiger partial charge on any atom is 0.149 e. The van der Waals surface area contributed by atoms with Crippen LogP contribution in [-0.2, 0) is 7.05 Å². The monoisotopic (exact) mass is 310 g/mol. The maximum absolute atomic E-state index is 9.94. The molecule has 0 saturated carbocycles. The second kappa shape index (κ2) is 7.40. The number of halogens is 1. The first kappa shape index (κ1) is 15.8. The van der Waals surface area contributed by atoms with E-state index in [4.69, 9.17) is 16.3 Å². The van der Waals surface area contributed by atoms with Gasteiger partial charge in [0.25, 0.3) is 0 Å². The van der Waals surface area contributed by atoms with Crippen molar-refractivity contribution in [3.63, 3.8) is 0 Å². The fourth-order valence-corrected chi connectivity index (χ4v) is 2.09. The fourth-order valence-electron chi connectivity index (χ4n) is 1.89. The number of aliphatic hydroxyl groups excluding tert-OH is 1. The average molecular weight is 311 g/mol. The van der Waals surface area contributed by atoms with Crippen molar-refractivity contribution >= 4 is 11.6 Å². The summed E-state index contributed by atoms with van der Waals surface area (Å²) >= 11 is 5.98. The van der Waals surface area contributed by atoms with Gasteiger partial charge in [-0.15, -0.1) is 10.2 Å². The highest BCUT2D eigenvalue weighted by atomic mass is 35.5. The summed E-state index contributed by atoms with van der Waals surface area (Å²) in [6.45, 7) is 2.52. The molecule has 2 atom stereocenters. The zero-order valence-electron chi connectivity index (χ0n) is 12.0. The van der Waals surface area contributed by atoms with Crippen LogP contribution in [0.5, 0.6) is 5.75 Å². The Kier molecular flexibility index (Phi) is 5.55. The molecule has 0 spiro atoms. The molecule has 114 valence electrons. The molecule has 0 saturated heterocycles. The molecule has 1 heterocycles. The normalized spacial score (nSPS) is 13.9. The van der Waals surface area contributed by atoms with Crippen molar-refractivity contribution in [1.82, 2.24) is 20.1 Å². The van der Waals surface area contributed by atoms with Gasteiger partial charge in [-0.1, -0.05) is 23.7 Å². The lowest BCUT2D eigenvalue weighted by atomic mass is 10.3. The predicted molar refractivity (Wildman–Crippen MR) is 80.4 cm³/mol. The molecule has 0 aliphatic carbocycles. The van der Waals surface area contributed by atoms with E-state index >= 15 is 0 Å². The first-order valence-electron chi connectivity index (χ1n) is 6.70. The lowest BCUT2D eigenvalue weighted by Gasteiger charge is -2.17. The molecule has 1 aromatic heterocycles. The van der Waals surface area contributed by atoms with E-state index < -0.39 is 6.10 Å². The van der Waals surface area contributed by atoms with Gasteiger partial charge in [-0.2, -0.15) is 0 Å². The van der Waals surface area contributed by atoms with Crippen LogP contribution in [-0.4, -0.2) is 39.1 Å². The van der Waals surface area contributed by atoms with Crippen molar-refractivity contribution in [3.05, 3.63) is 41.4 Å². The van der Waals surface area contributed by atoms with E-state index in [-0.39, 0.29) is 12.6 Å². The fraction of sp³-hybridized carbons (Fsp3) is 0.429. The number of aryl methyl sites for hydroxylation is 1. The number of hydrogen-bond acceptors (Lipinski definition) is 5. The lowest BCUT2D eigenvalue weighted by Crippen LogP contribution is -2.33. The molecule has 21 heavy (non-hydrogen) atoms. The van der Waals surface area contributed by atoms with E-state index in [1.54, 1.807) is 18.5 Å². The first-order chi connectivity index (χ1) is 10.1. The van der Waals surface area contributed by atoms with Crippen LogP contribution < -0.4 is 10.1 Å². The number of ether oxygens (including phenoxy) is 1. The van der Waals surface area contributed by atoms with Crippen molar-refractivity contribution in [2.75, 3.05) is 13.2 Å². The highest BCUT2D eigenvalue weighted by Crippen LogP contribution is 2.23. The highest BCUT2D eigenvalue weighted by molar-refractivity contribution is 6.32. The third-order valence-electron chi connectivity index (χ3n) is 3.06. The van der Waals surface area contributed by atoms with Gasteiger partial charge in [0.05, 0.1) is 11.1 Å². The molecule has 0 fully saturated rings. The van der Waals surface area contributed by atoms with Crippen LogP contribution in [0.25, 0.3) is 0 Å². The first-order valence-corrected chi connectivity index (χ1v) is 7.08. The molecule has 1 aromatic carbocycles. The summed E-state index contributed by atoms with van der Waals surface area (Å²) in [4.78, 5) is 0. The maximum atomic E-state index is 9.94. The quantitative estimate of drug-likeness (QED) is 0.812. The molecule has 7 heteroatoms. The largest absolute Gasteiger partial charge is 0.489 e. The van der Waals surface area contributed by atoms with Crippen molar-refractivity contribution in [2.45, 2.75) is 19.1 Å². The summed E-state index contributed by atoms with van der Waals surface area (Å²) in [6.07, 6.45) is 1.00. The second-order valence-electron chi connectivity index (χ2n) is 4.83. The zero-order valence-corrected chi connectivity index (χ0v) is 12.8. The Bertz CT molecular complexity index is 576. The minimum absolute atomic E-state index is 0.00698. The van der Waals surface area contributed by atoms with Crippen LogP contribution >= 0.6 is 11.6 Å². The minimum atomic E-state index is -0.642. The van der Waals surface area contributed by atoms with E-state index in [2.05, 4.69) is 15.5 Å². The van der Waals surface area contributed by atoms with Crippen LogP contribution in [0.2, 0.25) is 5.02 Å². The third-order valence-corrected chi connectivity index (χ3v) is 3.37. The van der Waals surface area contributed by atoms with Crippen LogP contribution in [0.4, 0.5) is 0 Å². The van der Waals surface area contributed by atoms with E-state index in [1.165, 1.54) is 0 Å². The SMILES string of the molecule is CC(NCC(O)COc1ccccc1Cl)c1nncn1C. The Labute approximate surface area is 128 Å². The lowest BCUT2D eigenvalue weighted by molar-refractivity contribution is 0.104. The summed E-state index contributed by atoms with van der Waals surface area (Å²) < 4.78 is 7.33. The van der Waals surface area contributed by atoms with E-state index in [0.29, 0.717) is 17.3 Å². The predicted octanol–water partition coefficient (Wildman–Crippen LogP) is 1.56. The van der Waals surface area contributed by atoms with Gasteiger partial charge >= 0.3 is 0 Å². The standard InChI is InChI=1S/C14H19ClN4O2/c1-10(14-18-17-9-19(14)2)16-7-11(20)8-21-13-6-4-3-5-12(13)15/h3-6,9-11,16,20H,7-8H2,1-2H3. The zero-order chi connectivity index (χ0) is 15.2. The minimum Gasteiger partial charge on any atom is -0.489 e. The molecule has 0 bridgehead atoms. The van der Waals surface area contributed by atoms with Crippen LogP contribution in [0.1, 0.15) is 18.8 Å². The van der Waals surface area contributed by atoms with Crippen LogP contribution in [0, 0.1) is 0 Å². The molecular weight excluding hydrogens is 292 g/mol. The number of benzene rings is 1. The average Bonchev–Trinajstić information content (AvgIpc) is 2.90. The molecule has 0 aliphatic rings. The van der Waals surface area contributed by atoms with Crippen molar-refractivity contribution in [2.24, 2.45) is 7.05 Å². The smallest absolute Gasteiger partial charge is 0.149 e. The summed E-state index contributed by atoms with van der Waals surface area (Å²) in [5, 5.41) is 21.5. The van der Waals surface area contributed by atoms with Gasteiger partial charge in [0.15, 0.2) is 0 Å². The van der Waals surface area contributed by atoms with Crippen LogP contribution in [0.3, 0.4) is 0 Å². The van der Waals surface area contributed by atoms with Gasteiger partial charge in [0.2, 0.25) is 0 Å². The number of aliphatic hydroxyl groups is 1. The molecule has 0 aliphatic heterocycles. The number of nitrogens with one attached hydrogen (secondary N) is 1. The van der Waals surface area contributed by atoms with Gasteiger partial charge in [-0.3, -0.25) is 0 Å². The van der Waals surface area contributed by atoms with Gasteiger partial charge in [0.1, 0.15) is 30.6 Å². The Morgan fingerprint density at radius 3 is 2.86 bits per heavy atom. The Morgan fingerprint density at radius 1 is 1.43 bits per heavy atom. The number of para-hydroxylation sites is 1. The number of nitrogens with zero attached hydrogens (tertiary/aromatic N) is 3. The van der Waals surface area contributed by atoms with Crippen LogP contribution in [0.15, 0.2) is 30.6 Å². The molecule has 2 aromatic rings. The van der Waals surface area contributed by atoms with Crippen molar-refractivity contribution in [1.29, 1.82) is 0 Å². The third kappa shape index (κ3) is 4.42. The Hall–Kier alpha value is -1.63. The molecule has 6 nitrogen and oxygen atoms in total. The molecular formula is C14H19ClN4O2. The molecule has 2 rings (SSSR count). The molecule has 0 amide bonds. The Balaban J connectivity index is 1.76. The highest BCUT2D eigenvalue weighted by Gasteiger charge is 2.13. The number of aromatic nitrogens is 3.